The zero-order valence-corrected chi connectivity index (χ0v) is 19.1. The van der Waals surface area contributed by atoms with Gasteiger partial charge < -0.3 is 15.4 Å². The van der Waals surface area contributed by atoms with E-state index in [1.807, 2.05) is 37.0 Å². The van der Waals surface area contributed by atoms with Gasteiger partial charge in [0.2, 0.25) is 0 Å². The highest BCUT2D eigenvalue weighted by molar-refractivity contribution is 8.14. The molecule has 0 amide bonds. The average molecular weight is 441 g/mol. The van der Waals surface area contributed by atoms with Gasteiger partial charge in [-0.3, -0.25) is 4.99 Å². The fourth-order valence-corrected chi connectivity index (χ4v) is 5.69. The number of aliphatic imine (C=N–C) groups is 1. The highest BCUT2D eigenvalue weighted by Gasteiger charge is 2.18. The Morgan fingerprint density at radius 3 is 2.73 bits per heavy atom. The Labute approximate surface area is 186 Å². The maximum Gasteiger partial charge on any atom is 0.183 e. The molecule has 2 N–H and O–H groups in total. The van der Waals surface area contributed by atoms with Crippen LogP contribution in [-0.4, -0.2) is 36.1 Å². The molecule has 1 aromatic heterocycles. The standard InChI is InChI=1S/C23H28N4OS2/c1-24-22(29-19-5-3-4-6-19)26-17-9-7-16(8-10-17)13-14-25-23-27-20-12-11-18(28-2)15-21(20)30-23/h7-12,15,19H,3-6,13-14H2,1-2H3,(H,24,26)(H,25,27). The lowest BCUT2D eigenvalue weighted by Gasteiger charge is -2.13. The number of thiazole rings is 1. The van der Waals surface area contributed by atoms with Crippen molar-refractivity contribution in [1.82, 2.24) is 4.98 Å². The first-order valence-electron chi connectivity index (χ1n) is 10.4. The maximum atomic E-state index is 5.29. The molecule has 1 aliphatic rings. The molecule has 1 heterocycles. The third-order valence-corrected chi connectivity index (χ3v) is 7.56. The molecule has 7 heteroatoms. The van der Waals surface area contributed by atoms with Crippen LogP contribution in [0.4, 0.5) is 10.8 Å². The van der Waals surface area contributed by atoms with E-state index < -0.39 is 0 Å². The molecule has 2 aromatic carbocycles. The normalized spacial score (nSPS) is 14.9. The number of fused-ring (bicyclic) bond motifs is 1. The van der Waals surface area contributed by atoms with Crippen LogP contribution in [0.15, 0.2) is 47.5 Å². The third-order valence-electron chi connectivity index (χ3n) is 5.27. The Hall–Kier alpha value is -2.25. The molecule has 3 aromatic rings. The molecule has 1 aliphatic carbocycles. The number of anilines is 2. The SMILES string of the molecule is CN=C(Nc1ccc(CCNc2nc3ccc(OC)cc3s2)cc1)SC1CCCC1. The number of thioether (sulfide) groups is 1. The number of rotatable bonds is 7. The molecule has 0 atom stereocenters. The Morgan fingerprint density at radius 2 is 2.00 bits per heavy atom. The van der Waals surface area contributed by atoms with Gasteiger partial charge in [0.1, 0.15) is 5.75 Å². The molecule has 0 bridgehead atoms. The van der Waals surface area contributed by atoms with Gasteiger partial charge in [-0.05, 0) is 55.2 Å². The lowest BCUT2D eigenvalue weighted by Crippen LogP contribution is -2.12. The molecule has 158 valence electrons. The Balaban J connectivity index is 1.27. The minimum Gasteiger partial charge on any atom is -0.497 e. The number of nitrogens with zero attached hydrogens (tertiary/aromatic N) is 2. The van der Waals surface area contributed by atoms with E-state index in [1.165, 1.54) is 31.2 Å². The first-order valence-corrected chi connectivity index (χ1v) is 12.1. The number of aromatic nitrogens is 1. The highest BCUT2D eigenvalue weighted by Crippen LogP contribution is 2.31. The first kappa shape index (κ1) is 21.0. The lowest BCUT2D eigenvalue weighted by molar-refractivity contribution is 0.415. The van der Waals surface area contributed by atoms with Crippen molar-refractivity contribution in [3.63, 3.8) is 0 Å². The second-order valence-corrected chi connectivity index (χ2v) is 9.72. The summed E-state index contributed by atoms with van der Waals surface area (Å²) in [5.74, 6) is 0.865. The smallest absolute Gasteiger partial charge is 0.183 e. The van der Waals surface area contributed by atoms with E-state index in [0.717, 1.165) is 44.9 Å². The summed E-state index contributed by atoms with van der Waals surface area (Å²) in [6.45, 7) is 0.850. The fourth-order valence-electron chi connectivity index (χ4n) is 3.60. The molecule has 30 heavy (non-hydrogen) atoms. The Bertz CT molecular complexity index is 994. The summed E-state index contributed by atoms with van der Waals surface area (Å²) in [4.78, 5) is 9.07. The molecule has 4 rings (SSSR count). The summed E-state index contributed by atoms with van der Waals surface area (Å²) in [5, 5.41) is 9.59. The van der Waals surface area contributed by atoms with E-state index in [0.29, 0.717) is 5.25 Å². The van der Waals surface area contributed by atoms with Gasteiger partial charge in [0.15, 0.2) is 10.3 Å². The van der Waals surface area contributed by atoms with Crippen molar-refractivity contribution >= 4 is 49.3 Å². The Kier molecular flexibility index (Phi) is 7.12. The van der Waals surface area contributed by atoms with Crippen LogP contribution >= 0.6 is 23.1 Å². The number of nitrogens with one attached hydrogen (secondary N) is 2. The predicted octanol–water partition coefficient (Wildman–Crippen LogP) is 6.03. The van der Waals surface area contributed by atoms with Crippen LogP contribution in [0, 0.1) is 0 Å². The van der Waals surface area contributed by atoms with Crippen LogP contribution in [0.25, 0.3) is 10.2 Å². The topological polar surface area (TPSA) is 58.5 Å². The summed E-state index contributed by atoms with van der Waals surface area (Å²) < 4.78 is 6.42. The molecule has 1 saturated carbocycles. The van der Waals surface area contributed by atoms with Crippen LogP contribution in [0.2, 0.25) is 0 Å². The Morgan fingerprint density at radius 1 is 1.20 bits per heavy atom. The lowest BCUT2D eigenvalue weighted by atomic mass is 10.1. The van der Waals surface area contributed by atoms with Crippen LogP contribution < -0.4 is 15.4 Å². The largest absolute Gasteiger partial charge is 0.497 e. The molecule has 0 saturated heterocycles. The van der Waals surface area contributed by atoms with E-state index >= 15 is 0 Å². The van der Waals surface area contributed by atoms with Gasteiger partial charge in [-0.15, -0.1) is 0 Å². The van der Waals surface area contributed by atoms with Gasteiger partial charge in [0.25, 0.3) is 0 Å². The first-order chi connectivity index (χ1) is 14.7. The fraction of sp³-hybridized carbons (Fsp3) is 0.391. The molecular weight excluding hydrogens is 412 g/mol. The monoisotopic (exact) mass is 440 g/mol. The molecule has 1 fully saturated rings. The maximum absolute atomic E-state index is 5.29. The van der Waals surface area contributed by atoms with Crippen molar-refractivity contribution in [2.75, 3.05) is 31.3 Å². The van der Waals surface area contributed by atoms with E-state index in [1.54, 1.807) is 18.4 Å². The third kappa shape index (κ3) is 5.46. The quantitative estimate of drug-likeness (QED) is 0.347. The highest BCUT2D eigenvalue weighted by atomic mass is 32.2. The van der Waals surface area contributed by atoms with Crippen molar-refractivity contribution in [2.45, 2.75) is 37.4 Å². The van der Waals surface area contributed by atoms with Crippen molar-refractivity contribution in [1.29, 1.82) is 0 Å². The molecule has 5 nitrogen and oxygen atoms in total. The van der Waals surface area contributed by atoms with Crippen molar-refractivity contribution < 1.29 is 4.74 Å². The number of hydrogen-bond acceptors (Lipinski definition) is 6. The van der Waals surface area contributed by atoms with E-state index in [9.17, 15) is 0 Å². The number of ether oxygens (including phenoxy) is 1. The second kappa shape index (κ2) is 10.2. The minimum absolute atomic E-state index is 0.713. The van der Waals surface area contributed by atoms with Gasteiger partial charge in [-0.25, -0.2) is 4.98 Å². The molecule has 0 spiro atoms. The summed E-state index contributed by atoms with van der Waals surface area (Å²) in [7, 11) is 3.55. The summed E-state index contributed by atoms with van der Waals surface area (Å²) in [6, 6.07) is 14.6. The van der Waals surface area contributed by atoms with Crippen LogP contribution in [0.5, 0.6) is 5.75 Å². The summed E-state index contributed by atoms with van der Waals surface area (Å²) in [6.07, 6.45) is 6.26. The summed E-state index contributed by atoms with van der Waals surface area (Å²) in [5.41, 5.74) is 3.40. The van der Waals surface area contributed by atoms with Crippen molar-refractivity contribution in [3.05, 3.63) is 48.0 Å². The van der Waals surface area contributed by atoms with Gasteiger partial charge in [0, 0.05) is 24.5 Å². The molecule has 0 aliphatic heterocycles. The van der Waals surface area contributed by atoms with Crippen molar-refractivity contribution in [3.8, 4) is 5.75 Å². The van der Waals surface area contributed by atoms with E-state index in [-0.39, 0.29) is 0 Å². The molecule has 0 radical (unpaired) electrons. The zero-order valence-electron chi connectivity index (χ0n) is 17.5. The molecular formula is C23H28N4OS2. The second-order valence-electron chi connectivity index (χ2n) is 7.40. The molecule has 0 unspecified atom stereocenters. The van der Waals surface area contributed by atoms with Crippen LogP contribution in [0.1, 0.15) is 31.2 Å². The van der Waals surface area contributed by atoms with Gasteiger partial charge in [0.05, 0.1) is 17.3 Å². The number of methoxy groups -OCH3 is 1. The zero-order chi connectivity index (χ0) is 20.8. The van der Waals surface area contributed by atoms with Gasteiger partial charge >= 0.3 is 0 Å². The average Bonchev–Trinajstić information content (AvgIpc) is 3.43. The van der Waals surface area contributed by atoms with Crippen LogP contribution in [-0.2, 0) is 6.42 Å². The van der Waals surface area contributed by atoms with Crippen molar-refractivity contribution in [2.24, 2.45) is 4.99 Å². The van der Waals surface area contributed by atoms with Gasteiger partial charge in [-0.2, -0.15) is 0 Å². The number of hydrogen-bond donors (Lipinski definition) is 2. The number of benzene rings is 2. The van der Waals surface area contributed by atoms with E-state index in [2.05, 4.69) is 44.9 Å². The minimum atomic E-state index is 0.713. The van der Waals surface area contributed by atoms with Gasteiger partial charge in [-0.1, -0.05) is 48.1 Å². The van der Waals surface area contributed by atoms with Crippen LogP contribution in [0.3, 0.4) is 0 Å². The predicted molar refractivity (Wildman–Crippen MR) is 132 cm³/mol. The summed E-state index contributed by atoms with van der Waals surface area (Å²) >= 11 is 3.54. The number of amidine groups is 1. The van der Waals surface area contributed by atoms with E-state index in [4.69, 9.17) is 4.74 Å².